The second kappa shape index (κ2) is 7.07. The van der Waals surface area contributed by atoms with E-state index in [-0.39, 0.29) is 49.9 Å². The van der Waals surface area contributed by atoms with Crippen molar-refractivity contribution in [2.24, 2.45) is 0 Å². The monoisotopic (exact) mass is 583 g/mol. The van der Waals surface area contributed by atoms with Gasteiger partial charge in [0.15, 0.2) is 0 Å². The number of nitrogens with two attached hydrogens (primary N) is 1. The van der Waals surface area contributed by atoms with Crippen LogP contribution >= 0.6 is 67.8 Å². The van der Waals surface area contributed by atoms with Gasteiger partial charge in [-0.3, -0.25) is 0 Å². The van der Waals surface area contributed by atoms with E-state index in [4.69, 9.17) is 15.9 Å². The molecule has 1 aromatic carbocycles. The van der Waals surface area contributed by atoms with E-state index in [1.807, 2.05) is 0 Å². The summed E-state index contributed by atoms with van der Waals surface area (Å²) in [6.45, 7) is 0. The van der Waals surface area contributed by atoms with Gasteiger partial charge in [0.2, 0.25) is 0 Å². The number of carboxylic acids is 2. The molecule has 4 N–H and O–H groups in total. The first-order valence-corrected chi connectivity index (χ1v) is 6.95. The van der Waals surface area contributed by atoms with Crippen molar-refractivity contribution < 1.29 is 19.8 Å². The van der Waals surface area contributed by atoms with Crippen LogP contribution in [0.15, 0.2) is 0 Å². The second-order valence-electron chi connectivity index (χ2n) is 2.72. The third-order valence-electron chi connectivity index (χ3n) is 1.78. The predicted octanol–water partition coefficient (Wildman–Crippen LogP) is 1.83. The van der Waals surface area contributed by atoms with Crippen LogP contribution in [0.25, 0.3) is 0 Å². The van der Waals surface area contributed by atoms with E-state index >= 15 is 0 Å². The van der Waals surface area contributed by atoms with E-state index in [1.165, 1.54) is 0 Å². The van der Waals surface area contributed by atoms with E-state index in [0.717, 1.165) is 0 Å². The van der Waals surface area contributed by atoms with E-state index < -0.39 is 11.9 Å². The Labute approximate surface area is 160 Å². The second-order valence-corrected chi connectivity index (χ2v) is 5.95. The fourth-order valence-electron chi connectivity index (χ4n) is 1.06. The van der Waals surface area contributed by atoms with Crippen LogP contribution in [0.1, 0.15) is 20.7 Å². The van der Waals surface area contributed by atoms with Crippen LogP contribution in [0.3, 0.4) is 0 Å². The van der Waals surface area contributed by atoms with Gasteiger partial charge in [-0.2, -0.15) is 0 Å². The molecule has 0 aromatic heterocycles. The summed E-state index contributed by atoms with van der Waals surface area (Å²) in [5, 5.41) is 18.0. The third-order valence-corrected chi connectivity index (χ3v) is 5.10. The Kier molecular flexibility index (Phi) is 7.55. The maximum absolute atomic E-state index is 11.0. The molecule has 0 fully saturated rings. The molecule has 0 amide bonds. The summed E-state index contributed by atoms with van der Waals surface area (Å²) in [7, 11) is 0. The summed E-state index contributed by atoms with van der Waals surface area (Å²) in [4.78, 5) is 22.0. The molecule has 1 aromatic rings. The molecule has 0 atom stereocenters. The SMILES string of the molecule is Nc1c(I)c(C(=O)O)c(I)c(C(=O)O)c1I.[NaH]. The summed E-state index contributed by atoms with van der Waals surface area (Å²) >= 11 is 5.32. The van der Waals surface area contributed by atoms with Gasteiger partial charge in [0, 0.05) is 3.57 Å². The van der Waals surface area contributed by atoms with Crippen molar-refractivity contribution in [2.45, 2.75) is 0 Å². The van der Waals surface area contributed by atoms with Crippen LogP contribution in [-0.4, -0.2) is 51.7 Å². The van der Waals surface area contributed by atoms with Gasteiger partial charge >= 0.3 is 41.5 Å². The van der Waals surface area contributed by atoms with Crippen LogP contribution < -0.4 is 5.73 Å². The molecule has 0 spiro atoms. The zero-order valence-electron chi connectivity index (χ0n) is 7.42. The fourth-order valence-corrected chi connectivity index (χ4v) is 5.15. The van der Waals surface area contributed by atoms with Crippen molar-refractivity contribution in [2.75, 3.05) is 5.73 Å². The Morgan fingerprint density at radius 2 is 1.18 bits per heavy atom. The first-order chi connectivity index (χ1) is 7.29. The number of benzene rings is 1. The van der Waals surface area contributed by atoms with Crippen molar-refractivity contribution >= 4 is 115 Å². The number of aromatic carboxylic acids is 2. The van der Waals surface area contributed by atoms with E-state index in [1.54, 1.807) is 67.8 Å². The Morgan fingerprint density at radius 1 is 0.882 bits per heavy atom. The van der Waals surface area contributed by atoms with Crippen LogP contribution in [0, 0.1) is 10.7 Å². The van der Waals surface area contributed by atoms with Crippen LogP contribution in [0.4, 0.5) is 5.69 Å². The van der Waals surface area contributed by atoms with Gasteiger partial charge in [0.05, 0.1) is 24.0 Å². The zero-order chi connectivity index (χ0) is 12.6. The molecule has 1 rings (SSSR count). The summed E-state index contributed by atoms with van der Waals surface area (Å²) in [5.41, 5.74) is 5.76. The molecule has 17 heavy (non-hydrogen) atoms. The number of carbonyl (C=O) groups is 2. The van der Waals surface area contributed by atoms with E-state index in [0.29, 0.717) is 7.14 Å². The molecule has 0 unspecified atom stereocenters. The number of nitrogen functional groups attached to an aromatic ring is 1. The molecule has 0 heterocycles. The summed E-state index contributed by atoms with van der Waals surface area (Å²) in [6.07, 6.45) is 0. The number of rotatable bonds is 2. The molecular formula is C8H5I3NNaO4. The van der Waals surface area contributed by atoms with Gasteiger partial charge in [-0.15, -0.1) is 0 Å². The number of halogens is 3. The molecule has 9 heteroatoms. The number of anilines is 1. The van der Waals surface area contributed by atoms with Crippen molar-refractivity contribution in [3.05, 3.63) is 21.8 Å². The van der Waals surface area contributed by atoms with Gasteiger partial charge in [-0.1, -0.05) is 0 Å². The molecule has 0 aliphatic heterocycles. The Hall–Kier alpha value is 1.15. The molecular weight excluding hydrogens is 578 g/mol. The van der Waals surface area contributed by atoms with E-state index in [2.05, 4.69) is 0 Å². The van der Waals surface area contributed by atoms with Gasteiger partial charge in [0.25, 0.3) is 0 Å². The molecule has 88 valence electrons. The van der Waals surface area contributed by atoms with Crippen molar-refractivity contribution in [3.63, 3.8) is 0 Å². The number of carboxylic acid groups (broad SMARTS) is 2. The molecule has 0 saturated carbocycles. The van der Waals surface area contributed by atoms with Crippen LogP contribution in [0.2, 0.25) is 0 Å². The fraction of sp³-hybridized carbons (Fsp3) is 0. The predicted molar refractivity (Wildman–Crippen MR) is 90.1 cm³/mol. The Balaban J connectivity index is 0.00000256. The molecule has 0 saturated heterocycles. The van der Waals surface area contributed by atoms with Crippen LogP contribution in [0.5, 0.6) is 0 Å². The van der Waals surface area contributed by atoms with Gasteiger partial charge in [-0.05, 0) is 67.8 Å². The summed E-state index contributed by atoms with van der Waals surface area (Å²) in [6, 6.07) is 0. The molecule has 0 aliphatic rings. The minimum absolute atomic E-state index is 0. The van der Waals surface area contributed by atoms with Crippen molar-refractivity contribution in [1.82, 2.24) is 0 Å². The average Bonchev–Trinajstić information content (AvgIpc) is 2.13. The molecule has 5 nitrogen and oxygen atoms in total. The Bertz CT molecular complexity index is 465. The standard InChI is InChI=1S/C8H4I3NO4.Na.H/c9-3-1(7(13)14)4(10)6(12)5(11)2(3)8(15)16;;/h12H2,(H,13,14)(H,15,16);;. The zero-order valence-corrected chi connectivity index (χ0v) is 13.9. The van der Waals surface area contributed by atoms with Gasteiger partial charge in [0.1, 0.15) is 0 Å². The number of hydrogen-bond acceptors (Lipinski definition) is 3. The maximum atomic E-state index is 11.0. The van der Waals surface area contributed by atoms with Crippen molar-refractivity contribution in [3.8, 4) is 0 Å². The van der Waals surface area contributed by atoms with Crippen molar-refractivity contribution in [1.29, 1.82) is 0 Å². The average molecular weight is 583 g/mol. The first kappa shape index (κ1) is 18.1. The topological polar surface area (TPSA) is 101 Å². The molecule has 0 aliphatic carbocycles. The molecule has 0 bridgehead atoms. The number of hydrogen-bond donors (Lipinski definition) is 3. The van der Waals surface area contributed by atoms with Gasteiger partial charge in [-0.25, -0.2) is 9.59 Å². The minimum atomic E-state index is -1.18. The van der Waals surface area contributed by atoms with Gasteiger partial charge < -0.3 is 15.9 Å². The van der Waals surface area contributed by atoms with E-state index in [9.17, 15) is 9.59 Å². The third kappa shape index (κ3) is 3.58. The first-order valence-electron chi connectivity index (χ1n) is 3.71. The Morgan fingerprint density at radius 3 is 1.41 bits per heavy atom. The molecule has 0 radical (unpaired) electrons. The summed E-state index contributed by atoms with van der Waals surface area (Å²) in [5.74, 6) is -2.36. The summed E-state index contributed by atoms with van der Waals surface area (Å²) < 4.78 is 0.924. The normalized spacial score (nSPS) is 9.59. The van der Waals surface area contributed by atoms with Crippen LogP contribution in [-0.2, 0) is 0 Å². The quantitative estimate of drug-likeness (QED) is 0.281.